The summed E-state index contributed by atoms with van der Waals surface area (Å²) in [5.74, 6) is -1.21. The Morgan fingerprint density at radius 1 is 1.23 bits per heavy atom. The number of pyridine rings is 1. The first-order valence-corrected chi connectivity index (χ1v) is 10.3. The molecule has 3 rings (SSSR count). The summed E-state index contributed by atoms with van der Waals surface area (Å²) in [5.41, 5.74) is 6.55. The number of nitrogen functional groups attached to an aromatic ring is 1. The Hall–Kier alpha value is -2.91. The number of methoxy groups -OCH3 is 1. The van der Waals surface area contributed by atoms with E-state index in [0.717, 1.165) is 12.8 Å². The normalized spacial score (nSPS) is 14.0. The number of phenols is 1. The van der Waals surface area contributed by atoms with Gasteiger partial charge in [-0.05, 0) is 31.9 Å². The monoisotopic (exact) mass is 433 g/mol. The molecule has 0 bridgehead atoms. The van der Waals surface area contributed by atoms with Gasteiger partial charge in [0.15, 0.2) is 0 Å². The highest BCUT2D eigenvalue weighted by Gasteiger charge is 2.18. The number of carbonyl (C=O) groups is 2. The van der Waals surface area contributed by atoms with E-state index in [1.807, 2.05) is 0 Å². The number of nitrogens with two attached hydrogens (primary N) is 1. The molecule has 1 aromatic heterocycles. The molecule has 1 heterocycles. The minimum atomic E-state index is -1.15. The maximum atomic E-state index is 11.4. The third-order valence-corrected chi connectivity index (χ3v) is 5.06. The zero-order valence-electron chi connectivity index (χ0n) is 18.0. The molecule has 0 atom stereocenters. The number of carboxylic acids is 1. The lowest BCUT2D eigenvalue weighted by molar-refractivity contribution is -0.127. The smallest absolute Gasteiger partial charge is 0.339 e. The fourth-order valence-corrected chi connectivity index (χ4v) is 3.55. The highest BCUT2D eigenvalue weighted by molar-refractivity contribution is 6.06. The number of nitrogens with one attached hydrogen (secondary N) is 1. The number of rotatable bonds is 7. The quantitative estimate of drug-likeness (QED) is 0.488. The van der Waals surface area contributed by atoms with Crippen LogP contribution in [0, 0.1) is 6.92 Å². The summed E-state index contributed by atoms with van der Waals surface area (Å²) in [6.45, 7) is 2.74. The van der Waals surface area contributed by atoms with Crippen LogP contribution < -0.4 is 11.1 Å². The van der Waals surface area contributed by atoms with Gasteiger partial charge in [-0.3, -0.25) is 9.78 Å². The molecule has 0 radical (unpaired) electrons. The number of phenolic OH excluding ortho intramolecular Hbond substituents is 1. The molecule has 9 heteroatoms. The topological polar surface area (TPSA) is 144 Å². The average molecular weight is 434 g/mol. The third-order valence-electron chi connectivity index (χ3n) is 5.06. The van der Waals surface area contributed by atoms with Gasteiger partial charge in [-0.2, -0.15) is 0 Å². The van der Waals surface area contributed by atoms with Crippen molar-refractivity contribution >= 4 is 28.5 Å². The van der Waals surface area contributed by atoms with Gasteiger partial charge in [-0.25, -0.2) is 4.79 Å². The first-order valence-electron chi connectivity index (χ1n) is 10.3. The van der Waals surface area contributed by atoms with Gasteiger partial charge in [-0.15, -0.1) is 0 Å². The van der Waals surface area contributed by atoms with Crippen molar-refractivity contribution in [2.24, 2.45) is 0 Å². The van der Waals surface area contributed by atoms with Gasteiger partial charge in [0.25, 0.3) is 0 Å². The van der Waals surface area contributed by atoms with Gasteiger partial charge < -0.3 is 30.7 Å². The molecule has 0 unspecified atom stereocenters. The van der Waals surface area contributed by atoms with E-state index in [-0.39, 0.29) is 34.9 Å². The number of fused-ring (bicyclic) bond motifs is 1. The highest BCUT2D eigenvalue weighted by atomic mass is 16.5. The van der Waals surface area contributed by atoms with Crippen molar-refractivity contribution in [2.75, 3.05) is 32.7 Å². The van der Waals surface area contributed by atoms with E-state index in [1.54, 1.807) is 26.2 Å². The molecular formula is C22H31N3O6. The lowest BCUT2D eigenvalue weighted by Crippen LogP contribution is -2.38. The van der Waals surface area contributed by atoms with Crippen LogP contribution in [0.3, 0.4) is 0 Å². The zero-order chi connectivity index (χ0) is 22.8. The number of amides is 1. The van der Waals surface area contributed by atoms with Gasteiger partial charge in [0.05, 0.1) is 35.5 Å². The fraction of sp³-hybridized carbons (Fsp3) is 0.500. The minimum Gasteiger partial charge on any atom is -0.507 e. The number of aromatic hydroxyl groups is 1. The highest BCUT2D eigenvalue weighted by Crippen LogP contribution is 2.32. The van der Waals surface area contributed by atoms with Crippen molar-refractivity contribution in [3.63, 3.8) is 0 Å². The van der Waals surface area contributed by atoms with Crippen molar-refractivity contribution in [1.82, 2.24) is 10.3 Å². The van der Waals surface area contributed by atoms with Crippen LogP contribution in [0.2, 0.25) is 0 Å². The predicted octanol–water partition coefficient (Wildman–Crippen LogP) is 2.63. The molecule has 5 N–H and O–H groups in total. The first kappa shape index (κ1) is 24.4. The van der Waals surface area contributed by atoms with Gasteiger partial charge in [0, 0.05) is 13.2 Å². The molecule has 31 heavy (non-hydrogen) atoms. The SMILES string of the molecule is COCCOCC(=O)NC1CCCCC1.Cc1nc2cccc(O)c2c(N)c1C(=O)O. The summed E-state index contributed by atoms with van der Waals surface area (Å²) in [4.78, 5) is 26.5. The van der Waals surface area contributed by atoms with Crippen molar-refractivity contribution in [3.05, 3.63) is 29.5 Å². The second-order valence-corrected chi connectivity index (χ2v) is 7.41. The molecule has 9 nitrogen and oxygen atoms in total. The maximum absolute atomic E-state index is 11.4. The second kappa shape index (κ2) is 12.1. The van der Waals surface area contributed by atoms with Crippen molar-refractivity contribution in [3.8, 4) is 5.75 Å². The molecule has 0 aliphatic heterocycles. The molecule has 1 aliphatic carbocycles. The summed E-state index contributed by atoms with van der Waals surface area (Å²) >= 11 is 0. The van der Waals surface area contributed by atoms with Crippen LogP contribution in [0.25, 0.3) is 10.9 Å². The number of hydrogen-bond donors (Lipinski definition) is 4. The predicted molar refractivity (Wildman–Crippen MR) is 117 cm³/mol. The number of anilines is 1. The van der Waals surface area contributed by atoms with Crippen molar-refractivity contribution in [1.29, 1.82) is 0 Å². The number of nitrogens with zero attached hydrogens (tertiary/aromatic N) is 1. The Morgan fingerprint density at radius 2 is 1.94 bits per heavy atom. The van der Waals surface area contributed by atoms with Crippen LogP contribution >= 0.6 is 0 Å². The van der Waals surface area contributed by atoms with Gasteiger partial charge >= 0.3 is 5.97 Å². The molecule has 1 saturated carbocycles. The lowest BCUT2D eigenvalue weighted by Gasteiger charge is -2.22. The van der Waals surface area contributed by atoms with Crippen LogP contribution in [0.4, 0.5) is 5.69 Å². The first-order chi connectivity index (χ1) is 14.8. The van der Waals surface area contributed by atoms with Crippen molar-refractivity contribution < 1.29 is 29.3 Å². The Kier molecular flexibility index (Phi) is 9.48. The number of benzene rings is 1. The van der Waals surface area contributed by atoms with Gasteiger partial charge in [0.1, 0.15) is 17.9 Å². The number of aromatic carboxylic acids is 1. The largest absolute Gasteiger partial charge is 0.507 e. The maximum Gasteiger partial charge on any atom is 0.339 e. The number of carbonyl (C=O) groups excluding carboxylic acids is 1. The van der Waals surface area contributed by atoms with Crippen LogP contribution in [0.1, 0.15) is 48.2 Å². The molecule has 1 fully saturated rings. The van der Waals surface area contributed by atoms with E-state index < -0.39 is 5.97 Å². The van der Waals surface area contributed by atoms with E-state index in [1.165, 1.54) is 25.3 Å². The molecule has 0 saturated heterocycles. The minimum absolute atomic E-state index is 0.00185. The van der Waals surface area contributed by atoms with Crippen LogP contribution in [0.15, 0.2) is 18.2 Å². The molecule has 170 valence electrons. The third kappa shape index (κ3) is 7.08. The number of aromatic nitrogens is 1. The van der Waals surface area contributed by atoms with Crippen molar-refractivity contribution in [2.45, 2.75) is 45.1 Å². The van der Waals surface area contributed by atoms with E-state index in [0.29, 0.717) is 30.5 Å². The molecule has 1 amide bonds. The van der Waals surface area contributed by atoms with Gasteiger partial charge in [0.2, 0.25) is 5.91 Å². The molecule has 0 spiro atoms. The van der Waals surface area contributed by atoms with Gasteiger partial charge in [-0.1, -0.05) is 25.3 Å². The van der Waals surface area contributed by atoms with Crippen LogP contribution in [0.5, 0.6) is 5.75 Å². The molecular weight excluding hydrogens is 402 g/mol. The molecule has 1 aliphatic rings. The summed E-state index contributed by atoms with van der Waals surface area (Å²) < 4.78 is 9.96. The fourth-order valence-electron chi connectivity index (χ4n) is 3.55. The summed E-state index contributed by atoms with van der Waals surface area (Å²) in [7, 11) is 1.62. The Balaban J connectivity index is 0.000000221. The van der Waals surface area contributed by atoms with E-state index in [9.17, 15) is 14.7 Å². The van der Waals surface area contributed by atoms with E-state index in [2.05, 4.69) is 10.3 Å². The summed E-state index contributed by atoms with van der Waals surface area (Å²) in [6.07, 6.45) is 6.00. The Morgan fingerprint density at radius 3 is 2.58 bits per heavy atom. The summed E-state index contributed by atoms with van der Waals surface area (Å²) in [6, 6.07) is 5.12. The standard InChI is InChI=1S/C11H10N2O3.C11H21NO3/c1-5-8(11(15)16)10(12)9-6(13-5)3-2-4-7(9)14;1-14-7-8-15-9-11(13)12-10-5-3-2-4-6-10/h2-4,14H,1H3,(H2,12,13)(H,15,16);10H,2-9H2,1H3,(H,12,13). The molecule has 1 aromatic carbocycles. The number of hydrogen-bond acceptors (Lipinski definition) is 7. The van der Waals surface area contributed by atoms with E-state index >= 15 is 0 Å². The second-order valence-electron chi connectivity index (χ2n) is 7.41. The Bertz CT molecular complexity index is 896. The number of carboxylic acid groups (broad SMARTS) is 1. The molecule has 2 aromatic rings. The lowest BCUT2D eigenvalue weighted by atomic mass is 9.95. The average Bonchev–Trinajstić information content (AvgIpc) is 2.72. The number of aryl methyl sites for hydroxylation is 1. The summed E-state index contributed by atoms with van der Waals surface area (Å²) in [5, 5.41) is 21.9. The van der Waals surface area contributed by atoms with E-state index in [4.69, 9.17) is 20.3 Å². The van der Waals surface area contributed by atoms with Crippen LogP contribution in [-0.2, 0) is 14.3 Å². The number of ether oxygens (including phenoxy) is 2. The zero-order valence-corrected chi connectivity index (χ0v) is 18.0. The van der Waals surface area contributed by atoms with Crippen LogP contribution in [-0.4, -0.2) is 60.0 Å². The Labute approximate surface area is 181 Å².